The summed E-state index contributed by atoms with van der Waals surface area (Å²) in [5, 5.41) is 9.79. The highest BCUT2D eigenvalue weighted by Crippen LogP contribution is 2.36. The van der Waals surface area contributed by atoms with E-state index >= 15 is 0 Å². The van der Waals surface area contributed by atoms with Crippen molar-refractivity contribution in [1.29, 1.82) is 0 Å². The fourth-order valence-electron chi connectivity index (χ4n) is 2.96. The SMILES string of the molecule is Cc1ccc(S(=O)(=O)N2CCCCCSC(C)(C)[C@@H]2C(=O)O)cc1. The first-order valence-electron chi connectivity index (χ1n) is 8.11. The minimum Gasteiger partial charge on any atom is -0.480 e. The van der Waals surface area contributed by atoms with Crippen LogP contribution in [-0.2, 0) is 14.8 Å². The number of carboxylic acids is 1. The largest absolute Gasteiger partial charge is 0.480 e. The molecular weight excluding hydrogens is 346 g/mol. The van der Waals surface area contributed by atoms with Gasteiger partial charge in [-0.1, -0.05) is 24.1 Å². The lowest BCUT2D eigenvalue weighted by Crippen LogP contribution is -2.55. The Hall–Kier alpha value is -1.05. The van der Waals surface area contributed by atoms with Gasteiger partial charge >= 0.3 is 5.97 Å². The minimum absolute atomic E-state index is 0.152. The van der Waals surface area contributed by atoms with Gasteiger partial charge in [0.05, 0.1) is 4.90 Å². The molecule has 0 bridgehead atoms. The molecule has 0 aliphatic carbocycles. The number of aliphatic carboxylic acids is 1. The second-order valence-electron chi connectivity index (χ2n) is 6.68. The van der Waals surface area contributed by atoms with Gasteiger partial charge < -0.3 is 5.11 Å². The van der Waals surface area contributed by atoms with Crippen molar-refractivity contribution in [1.82, 2.24) is 4.31 Å². The predicted molar refractivity (Wildman–Crippen MR) is 96.9 cm³/mol. The van der Waals surface area contributed by atoms with Crippen LogP contribution in [0.2, 0.25) is 0 Å². The summed E-state index contributed by atoms with van der Waals surface area (Å²) in [5.41, 5.74) is 0.962. The van der Waals surface area contributed by atoms with Crippen LogP contribution in [0, 0.1) is 6.92 Å². The van der Waals surface area contributed by atoms with Crippen molar-refractivity contribution in [3.8, 4) is 0 Å². The van der Waals surface area contributed by atoms with E-state index in [1.165, 1.54) is 16.1 Å². The zero-order chi connectivity index (χ0) is 18.0. The summed E-state index contributed by atoms with van der Waals surface area (Å²) < 4.78 is 26.8. The van der Waals surface area contributed by atoms with E-state index < -0.39 is 26.8 Å². The summed E-state index contributed by atoms with van der Waals surface area (Å²) >= 11 is 1.53. The summed E-state index contributed by atoms with van der Waals surface area (Å²) in [6, 6.07) is 5.48. The molecule has 1 aliphatic rings. The average molecular weight is 372 g/mol. The number of hydrogen-bond donors (Lipinski definition) is 1. The minimum atomic E-state index is -3.86. The number of thioether (sulfide) groups is 1. The van der Waals surface area contributed by atoms with Crippen LogP contribution in [0.15, 0.2) is 29.2 Å². The lowest BCUT2D eigenvalue weighted by atomic mass is 10.0. The van der Waals surface area contributed by atoms with Gasteiger partial charge in [0.25, 0.3) is 0 Å². The van der Waals surface area contributed by atoms with Crippen molar-refractivity contribution in [2.45, 2.75) is 55.7 Å². The molecule has 0 amide bonds. The highest BCUT2D eigenvalue weighted by atomic mass is 32.2. The quantitative estimate of drug-likeness (QED) is 0.883. The average Bonchev–Trinajstić information content (AvgIpc) is 2.56. The highest BCUT2D eigenvalue weighted by molar-refractivity contribution is 8.00. The fourth-order valence-corrected chi connectivity index (χ4v) is 6.04. The fraction of sp³-hybridized carbons (Fsp3) is 0.588. The molecular formula is C17H25NO4S2. The van der Waals surface area contributed by atoms with E-state index in [9.17, 15) is 18.3 Å². The maximum Gasteiger partial charge on any atom is 0.323 e. The van der Waals surface area contributed by atoms with Gasteiger partial charge in [-0.2, -0.15) is 16.1 Å². The zero-order valence-corrected chi connectivity index (χ0v) is 16.0. The van der Waals surface area contributed by atoms with Crippen molar-refractivity contribution in [3.05, 3.63) is 29.8 Å². The molecule has 0 unspecified atom stereocenters. The van der Waals surface area contributed by atoms with Gasteiger partial charge in [0.15, 0.2) is 0 Å². The topological polar surface area (TPSA) is 74.7 Å². The van der Waals surface area contributed by atoms with Crippen LogP contribution in [0.4, 0.5) is 0 Å². The van der Waals surface area contributed by atoms with Crippen molar-refractivity contribution < 1.29 is 18.3 Å². The molecule has 2 rings (SSSR count). The van der Waals surface area contributed by atoms with E-state index in [2.05, 4.69) is 0 Å². The molecule has 0 aromatic heterocycles. The number of carboxylic acid groups (broad SMARTS) is 1. The number of carbonyl (C=O) groups is 1. The van der Waals surface area contributed by atoms with E-state index in [1.807, 2.05) is 20.8 Å². The second-order valence-corrected chi connectivity index (χ2v) is 10.3. The normalized spacial score (nSPS) is 23.0. The van der Waals surface area contributed by atoms with Gasteiger partial charge in [-0.15, -0.1) is 0 Å². The number of sulfonamides is 1. The number of nitrogens with zero attached hydrogens (tertiary/aromatic N) is 1. The predicted octanol–water partition coefficient (Wildman–Crippen LogP) is 3.13. The molecule has 0 saturated carbocycles. The van der Waals surface area contributed by atoms with E-state index in [1.54, 1.807) is 24.3 Å². The van der Waals surface area contributed by atoms with Crippen molar-refractivity contribution >= 4 is 27.8 Å². The third kappa shape index (κ3) is 4.13. The summed E-state index contributed by atoms with van der Waals surface area (Å²) in [7, 11) is -3.86. The Bertz CT molecular complexity index is 683. The molecule has 1 heterocycles. The summed E-state index contributed by atoms with van der Waals surface area (Å²) in [4.78, 5) is 12.1. The first kappa shape index (κ1) is 19.3. The molecule has 0 spiro atoms. The summed E-state index contributed by atoms with van der Waals surface area (Å²) in [6.07, 6.45) is 2.54. The molecule has 1 aromatic rings. The molecule has 7 heteroatoms. The van der Waals surface area contributed by atoms with Crippen LogP contribution in [-0.4, -0.2) is 46.9 Å². The van der Waals surface area contributed by atoms with Gasteiger partial charge in [0.2, 0.25) is 10.0 Å². The lowest BCUT2D eigenvalue weighted by Gasteiger charge is -2.37. The molecule has 24 heavy (non-hydrogen) atoms. The number of rotatable bonds is 3. The van der Waals surface area contributed by atoms with Crippen LogP contribution in [0.25, 0.3) is 0 Å². The molecule has 1 N–H and O–H groups in total. The van der Waals surface area contributed by atoms with Gasteiger partial charge in [-0.25, -0.2) is 8.42 Å². The molecule has 5 nitrogen and oxygen atoms in total. The van der Waals surface area contributed by atoms with Crippen molar-refractivity contribution in [2.75, 3.05) is 12.3 Å². The van der Waals surface area contributed by atoms with Gasteiger partial charge in [0, 0.05) is 11.3 Å². The second kappa shape index (κ2) is 7.45. The number of benzene rings is 1. The Morgan fingerprint density at radius 1 is 1.21 bits per heavy atom. The molecule has 1 aromatic carbocycles. The zero-order valence-electron chi connectivity index (χ0n) is 14.4. The Balaban J connectivity index is 2.51. The van der Waals surface area contributed by atoms with Crippen molar-refractivity contribution in [3.63, 3.8) is 0 Å². The highest BCUT2D eigenvalue weighted by Gasteiger charge is 2.45. The Kier molecular flexibility index (Phi) is 5.99. The van der Waals surface area contributed by atoms with Crippen LogP contribution in [0.5, 0.6) is 0 Å². The maximum atomic E-state index is 13.1. The van der Waals surface area contributed by atoms with Gasteiger partial charge in [-0.05, 0) is 51.5 Å². The smallest absolute Gasteiger partial charge is 0.323 e. The number of aryl methyl sites for hydroxylation is 1. The third-order valence-electron chi connectivity index (χ3n) is 4.30. The first-order valence-corrected chi connectivity index (χ1v) is 10.5. The third-order valence-corrected chi connectivity index (χ3v) is 7.64. The van der Waals surface area contributed by atoms with E-state index in [0.29, 0.717) is 6.42 Å². The monoisotopic (exact) mass is 371 g/mol. The Morgan fingerprint density at radius 2 is 1.83 bits per heavy atom. The molecule has 1 fully saturated rings. The van der Waals surface area contributed by atoms with Crippen molar-refractivity contribution in [2.24, 2.45) is 0 Å². The van der Waals surface area contributed by atoms with Gasteiger partial charge in [-0.3, -0.25) is 4.79 Å². The maximum absolute atomic E-state index is 13.1. The van der Waals surface area contributed by atoms with E-state index in [-0.39, 0.29) is 11.4 Å². The van der Waals surface area contributed by atoms with Gasteiger partial charge in [0.1, 0.15) is 6.04 Å². The van der Waals surface area contributed by atoms with E-state index in [0.717, 1.165) is 24.2 Å². The van der Waals surface area contributed by atoms with Crippen LogP contribution < -0.4 is 0 Å². The molecule has 0 radical (unpaired) electrons. The van der Waals surface area contributed by atoms with Crippen LogP contribution >= 0.6 is 11.8 Å². The first-order chi connectivity index (χ1) is 11.2. The summed E-state index contributed by atoms with van der Waals surface area (Å²) in [6.45, 7) is 5.76. The standard InChI is InChI=1S/C17H25NO4S2/c1-13-7-9-14(10-8-13)24(21,22)18-11-5-4-6-12-23-17(2,3)15(18)16(19)20/h7-10,15H,4-6,11-12H2,1-3H3,(H,19,20)/t15-/m0/s1. The Labute approximate surface area is 148 Å². The lowest BCUT2D eigenvalue weighted by molar-refractivity contribution is -0.142. The molecule has 1 aliphatic heterocycles. The molecule has 1 atom stereocenters. The summed E-state index contributed by atoms with van der Waals surface area (Å²) in [5.74, 6) is -0.250. The van der Waals surface area contributed by atoms with Crippen LogP contribution in [0.3, 0.4) is 0 Å². The molecule has 1 saturated heterocycles. The van der Waals surface area contributed by atoms with E-state index in [4.69, 9.17) is 0 Å². The van der Waals surface area contributed by atoms with Crippen LogP contribution in [0.1, 0.15) is 38.7 Å². The Morgan fingerprint density at radius 3 is 2.42 bits per heavy atom. The molecule has 134 valence electrons. The number of hydrogen-bond acceptors (Lipinski definition) is 4.